The van der Waals surface area contributed by atoms with Crippen molar-refractivity contribution in [2.75, 3.05) is 0 Å². The molecule has 0 aromatic heterocycles. The van der Waals surface area contributed by atoms with Crippen LogP contribution in [0.25, 0.3) is 0 Å². The molecule has 1 aromatic rings. The minimum absolute atomic E-state index is 0.0500. The summed E-state index contributed by atoms with van der Waals surface area (Å²) in [6.45, 7) is 0.547. The summed E-state index contributed by atoms with van der Waals surface area (Å²) < 4.78 is -1.38. The largest absolute Gasteiger partial charge is 0.332 e. The van der Waals surface area contributed by atoms with E-state index in [4.69, 9.17) is 34.8 Å². The molecule has 2 nitrogen and oxygen atoms in total. The smallest absolute Gasteiger partial charge is 0.260 e. The van der Waals surface area contributed by atoms with Gasteiger partial charge in [-0.2, -0.15) is 0 Å². The monoisotopic (exact) mass is 331 g/mol. The lowest BCUT2D eigenvalue weighted by Crippen LogP contribution is -2.41. The second-order valence-electron chi connectivity index (χ2n) is 5.58. The molecule has 0 spiro atoms. The molecule has 2 fully saturated rings. The van der Waals surface area contributed by atoms with Gasteiger partial charge < -0.3 is 4.90 Å². The minimum atomic E-state index is -1.38. The van der Waals surface area contributed by atoms with Crippen LogP contribution < -0.4 is 0 Å². The highest BCUT2D eigenvalue weighted by atomic mass is 35.5. The molecule has 1 aliphatic carbocycles. The van der Waals surface area contributed by atoms with Gasteiger partial charge in [-0.25, -0.2) is 0 Å². The SMILES string of the molecule is O=C1N(Cc2ccccc2)C2CCCC(Cl)C2C1(Cl)Cl. The maximum Gasteiger partial charge on any atom is 0.260 e. The van der Waals surface area contributed by atoms with Gasteiger partial charge in [0.05, 0.1) is 0 Å². The Morgan fingerprint density at radius 2 is 1.90 bits per heavy atom. The Morgan fingerprint density at radius 1 is 1.20 bits per heavy atom. The fourth-order valence-electron chi connectivity index (χ4n) is 3.39. The molecular formula is C15H16Cl3NO. The molecule has 3 unspecified atom stereocenters. The number of halogens is 3. The molecule has 0 bridgehead atoms. The number of hydrogen-bond donors (Lipinski definition) is 0. The van der Waals surface area contributed by atoms with Crippen LogP contribution in [0.5, 0.6) is 0 Å². The van der Waals surface area contributed by atoms with E-state index in [0.717, 1.165) is 24.8 Å². The van der Waals surface area contributed by atoms with Crippen LogP contribution in [-0.4, -0.2) is 26.6 Å². The predicted octanol–water partition coefficient (Wildman–Crippen LogP) is 3.98. The summed E-state index contributed by atoms with van der Waals surface area (Å²) in [4.78, 5) is 14.4. The average Bonchev–Trinajstić information content (AvgIpc) is 2.62. The van der Waals surface area contributed by atoms with Crippen LogP contribution in [0.15, 0.2) is 30.3 Å². The molecule has 1 aromatic carbocycles. The molecule has 5 heteroatoms. The van der Waals surface area contributed by atoms with Crippen molar-refractivity contribution in [2.45, 2.75) is 41.6 Å². The molecule has 0 radical (unpaired) electrons. The Bertz CT molecular complexity index is 505. The van der Waals surface area contributed by atoms with Crippen molar-refractivity contribution >= 4 is 40.7 Å². The van der Waals surface area contributed by atoms with Gasteiger partial charge in [-0.15, -0.1) is 11.6 Å². The number of fused-ring (bicyclic) bond motifs is 1. The van der Waals surface area contributed by atoms with E-state index < -0.39 is 4.33 Å². The highest BCUT2D eigenvalue weighted by Gasteiger charge is 2.60. The summed E-state index contributed by atoms with van der Waals surface area (Å²) in [6, 6.07) is 9.95. The van der Waals surface area contributed by atoms with Gasteiger partial charge in [0.25, 0.3) is 5.91 Å². The molecule has 108 valence electrons. The van der Waals surface area contributed by atoms with Crippen LogP contribution >= 0.6 is 34.8 Å². The quantitative estimate of drug-likeness (QED) is 0.750. The Morgan fingerprint density at radius 3 is 2.60 bits per heavy atom. The van der Waals surface area contributed by atoms with Gasteiger partial charge in [-0.3, -0.25) is 4.79 Å². The zero-order valence-electron chi connectivity index (χ0n) is 10.9. The van der Waals surface area contributed by atoms with Crippen molar-refractivity contribution < 1.29 is 4.79 Å². The van der Waals surface area contributed by atoms with Gasteiger partial charge in [0.2, 0.25) is 4.33 Å². The molecule has 1 saturated carbocycles. The summed E-state index contributed by atoms with van der Waals surface area (Å²) in [7, 11) is 0. The third-order valence-corrected chi connectivity index (χ3v) is 5.66. The number of carbonyl (C=O) groups excluding carboxylic acids is 1. The van der Waals surface area contributed by atoms with Crippen LogP contribution in [-0.2, 0) is 11.3 Å². The van der Waals surface area contributed by atoms with Crippen molar-refractivity contribution in [3.05, 3.63) is 35.9 Å². The lowest BCUT2D eigenvalue weighted by molar-refractivity contribution is -0.130. The topological polar surface area (TPSA) is 20.3 Å². The van der Waals surface area contributed by atoms with E-state index in [0.29, 0.717) is 6.54 Å². The summed E-state index contributed by atoms with van der Waals surface area (Å²) >= 11 is 19.1. The second-order valence-corrected chi connectivity index (χ2v) is 7.53. The van der Waals surface area contributed by atoms with Gasteiger partial charge in [0.1, 0.15) is 0 Å². The van der Waals surface area contributed by atoms with Crippen LogP contribution in [0.4, 0.5) is 0 Å². The van der Waals surface area contributed by atoms with Crippen LogP contribution in [0.2, 0.25) is 0 Å². The summed E-state index contributed by atoms with van der Waals surface area (Å²) in [5, 5.41) is -0.131. The van der Waals surface area contributed by atoms with E-state index >= 15 is 0 Å². The van der Waals surface area contributed by atoms with Crippen LogP contribution in [0, 0.1) is 5.92 Å². The maximum absolute atomic E-state index is 12.5. The van der Waals surface area contributed by atoms with Gasteiger partial charge in [0.15, 0.2) is 0 Å². The van der Waals surface area contributed by atoms with Crippen molar-refractivity contribution in [3.8, 4) is 0 Å². The third-order valence-electron chi connectivity index (χ3n) is 4.34. The highest BCUT2D eigenvalue weighted by Crippen LogP contribution is 2.51. The first-order chi connectivity index (χ1) is 9.51. The van der Waals surface area contributed by atoms with Gasteiger partial charge >= 0.3 is 0 Å². The number of nitrogens with zero attached hydrogens (tertiary/aromatic N) is 1. The molecule has 1 saturated heterocycles. The normalized spacial score (nSPS) is 32.2. The Labute approximate surface area is 134 Å². The predicted molar refractivity (Wildman–Crippen MR) is 82.2 cm³/mol. The van der Waals surface area contributed by atoms with E-state index in [1.165, 1.54) is 0 Å². The molecule has 1 heterocycles. The van der Waals surface area contributed by atoms with E-state index in [9.17, 15) is 4.79 Å². The number of amides is 1. The molecule has 1 aliphatic heterocycles. The maximum atomic E-state index is 12.5. The van der Waals surface area contributed by atoms with E-state index in [1.807, 2.05) is 35.2 Å². The zero-order chi connectivity index (χ0) is 14.3. The van der Waals surface area contributed by atoms with Crippen LogP contribution in [0.1, 0.15) is 24.8 Å². The lowest BCUT2D eigenvalue weighted by Gasteiger charge is -2.35. The fourth-order valence-corrected chi connectivity index (χ4v) is 4.85. The van der Waals surface area contributed by atoms with E-state index in [-0.39, 0.29) is 23.2 Å². The van der Waals surface area contributed by atoms with Crippen molar-refractivity contribution in [1.82, 2.24) is 4.90 Å². The Kier molecular flexibility index (Phi) is 3.91. The number of benzene rings is 1. The number of carbonyl (C=O) groups is 1. The van der Waals surface area contributed by atoms with Gasteiger partial charge in [0, 0.05) is 23.9 Å². The van der Waals surface area contributed by atoms with Crippen molar-refractivity contribution in [3.63, 3.8) is 0 Å². The van der Waals surface area contributed by atoms with Crippen LogP contribution in [0.3, 0.4) is 0 Å². The molecule has 20 heavy (non-hydrogen) atoms. The molecule has 2 aliphatic rings. The van der Waals surface area contributed by atoms with Gasteiger partial charge in [-0.05, 0) is 24.8 Å². The average molecular weight is 333 g/mol. The van der Waals surface area contributed by atoms with E-state index in [2.05, 4.69) is 0 Å². The zero-order valence-corrected chi connectivity index (χ0v) is 13.2. The first-order valence-electron chi connectivity index (χ1n) is 6.88. The molecule has 3 atom stereocenters. The number of hydrogen-bond acceptors (Lipinski definition) is 1. The first-order valence-corrected chi connectivity index (χ1v) is 8.08. The van der Waals surface area contributed by atoms with E-state index in [1.54, 1.807) is 0 Å². The molecule has 1 amide bonds. The summed E-state index contributed by atoms with van der Waals surface area (Å²) in [5.41, 5.74) is 1.09. The fraction of sp³-hybridized carbons (Fsp3) is 0.533. The summed E-state index contributed by atoms with van der Waals surface area (Å²) in [6.07, 6.45) is 2.81. The van der Waals surface area contributed by atoms with Crippen molar-refractivity contribution in [1.29, 1.82) is 0 Å². The third kappa shape index (κ3) is 2.32. The lowest BCUT2D eigenvalue weighted by atomic mass is 9.84. The van der Waals surface area contributed by atoms with Crippen molar-refractivity contribution in [2.24, 2.45) is 5.92 Å². The second kappa shape index (κ2) is 5.40. The first kappa shape index (κ1) is 14.5. The molecule has 3 rings (SSSR count). The minimum Gasteiger partial charge on any atom is -0.332 e. The Balaban J connectivity index is 1.89. The number of likely N-dealkylation sites (tertiary alicyclic amines) is 1. The van der Waals surface area contributed by atoms with Gasteiger partial charge in [-0.1, -0.05) is 53.5 Å². The standard InChI is InChI=1S/C15H16Cl3NO/c16-11-7-4-8-12-13(11)15(17,18)14(20)19(12)9-10-5-2-1-3-6-10/h1-3,5-6,11-13H,4,7-9H2. The number of alkyl halides is 3. The number of rotatable bonds is 2. The molecule has 0 N–H and O–H groups in total. The molecular weight excluding hydrogens is 317 g/mol. The Hall–Kier alpha value is -0.440. The summed E-state index contributed by atoms with van der Waals surface area (Å²) in [5.74, 6) is -0.385. The highest BCUT2D eigenvalue weighted by molar-refractivity contribution is 6.59.